The predicted octanol–water partition coefficient (Wildman–Crippen LogP) is 6.70. The van der Waals surface area contributed by atoms with Crippen LogP contribution in [-0.2, 0) is 4.43 Å². The zero-order valence-corrected chi connectivity index (χ0v) is 15.5. The van der Waals surface area contributed by atoms with Crippen LogP contribution < -0.4 is 0 Å². The summed E-state index contributed by atoms with van der Waals surface area (Å²) in [5.74, 6) is 0. The van der Waals surface area contributed by atoms with Crippen molar-refractivity contribution in [1.82, 2.24) is 0 Å². The van der Waals surface area contributed by atoms with Crippen LogP contribution in [0.3, 0.4) is 0 Å². The maximum atomic E-state index is 6.50. The van der Waals surface area contributed by atoms with Crippen LogP contribution in [0.15, 0.2) is 12.7 Å². The first kappa shape index (κ1) is 19.9. The Kier molecular flexibility index (Phi) is 12.6. The number of rotatable bonds is 14. The Hall–Kier alpha value is -0.0831. The lowest BCUT2D eigenvalue weighted by Gasteiger charge is -2.29. The molecule has 0 aromatic rings. The van der Waals surface area contributed by atoms with Crippen molar-refractivity contribution >= 4 is 8.32 Å². The van der Waals surface area contributed by atoms with E-state index in [1.807, 2.05) is 6.08 Å². The number of allylic oxidation sites excluding steroid dienone is 1. The van der Waals surface area contributed by atoms with Crippen LogP contribution in [0.2, 0.25) is 19.1 Å². The molecule has 2 heteroatoms. The predicted molar refractivity (Wildman–Crippen MR) is 94.9 cm³/mol. The van der Waals surface area contributed by atoms with E-state index in [1.165, 1.54) is 64.2 Å². The maximum absolute atomic E-state index is 6.50. The van der Waals surface area contributed by atoms with Gasteiger partial charge in [-0.3, -0.25) is 0 Å². The van der Waals surface area contributed by atoms with E-state index in [9.17, 15) is 0 Å². The van der Waals surface area contributed by atoms with Crippen molar-refractivity contribution in [1.29, 1.82) is 0 Å². The molecule has 0 rings (SSSR count). The molecule has 1 nitrogen and oxygen atoms in total. The number of hydrogen-bond donors (Lipinski definition) is 0. The third kappa shape index (κ3) is 11.7. The maximum Gasteiger partial charge on any atom is 0.190 e. The molecule has 0 aromatic heterocycles. The fourth-order valence-electron chi connectivity index (χ4n) is 2.71. The molecule has 1 unspecified atom stereocenters. The minimum Gasteiger partial charge on any atom is -0.414 e. The molecule has 0 saturated heterocycles. The standard InChI is InChI=1S/C18H38OSi/c1-6-9-11-12-14-16-18(15-13-10-7-2)19-20(4,5)17-8-3/h8,18H,3,6-7,9-17H2,1-2,4-5H3. The molecule has 120 valence electrons. The van der Waals surface area contributed by atoms with Crippen molar-refractivity contribution in [2.75, 3.05) is 0 Å². The van der Waals surface area contributed by atoms with Crippen LogP contribution in [0.5, 0.6) is 0 Å². The molecular formula is C18H38OSi. The Morgan fingerprint density at radius 2 is 1.40 bits per heavy atom. The summed E-state index contributed by atoms with van der Waals surface area (Å²) in [5.41, 5.74) is 0. The summed E-state index contributed by atoms with van der Waals surface area (Å²) in [5, 5.41) is 0. The Labute approximate surface area is 129 Å². The Bertz CT molecular complexity index is 225. The summed E-state index contributed by atoms with van der Waals surface area (Å²) >= 11 is 0. The average Bonchev–Trinajstić information content (AvgIpc) is 2.38. The fraction of sp³-hybridized carbons (Fsp3) is 0.889. The van der Waals surface area contributed by atoms with Crippen LogP contribution in [0.4, 0.5) is 0 Å². The van der Waals surface area contributed by atoms with Gasteiger partial charge in [-0.05, 0) is 32.0 Å². The van der Waals surface area contributed by atoms with E-state index >= 15 is 0 Å². The lowest BCUT2D eigenvalue weighted by atomic mass is 10.0. The zero-order chi connectivity index (χ0) is 15.3. The van der Waals surface area contributed by atoms with Crippen molar-refractivity contribution in [3.63, 3.8) is 0 Å². The second-order valence-corrected chi connectivity index (χ2v) is 10.9. The molecule has 0 spiro atoms. The summed E-state index contributed by atoms with van der Waals surface area (Å²) in [7, 11) is -1.52. The monoisotopic (exact) mass is 298 g/mol. The van der Waals surface area contributed by atoms with E-state index < -0.39 is 8.32 Å². The smallest absolute Gasteiger partial charge is 0.190 e. The quantitative estimate of drug-likeness (QED) is 0.197. The van der Waals surface area contributed by atoms with Gasteiger partial charge in [0.05, 0.1) is 0 Å². The second kappa shape index (κ2) is 12.6. The molecule has 0 aliphatic carbocycles. The Balaban J connectivity index is 4.08. The van der Waals surface area contributed by atoms with E-state index in [0.717, 1.165) is 6.04 Å². The molecular weight excluding hydrogens is 260 g/mol. The van der Waals surface area contributed by atoms with E-state index in [-0.39, 0.29) is 0 Å². The summed E-state index contributed by atoms with van der Waals surface area (Å²) in [6, 6.07) is 1.08. The van der Waals surface area contributed by atoms with Gasteiger partial charge >= 0.3 is 0 Å². The molecule has 0 radical (unpaired) electrons. The molecule has 0 heterocycles. The highest BCUT2D eigenvalue weighted by Crippen LogP contribution is 2.22. The van der Waals surface area contributed by atoms with Gasteiger partial charge in [-0.1, -0.05) is 71.3 Å². The molecule has 0 aromatic carbocycles. The molecule has 0 N–H and O–H groups in total. The summed E-state index contributed by atoms with van der Waals surface area (Å²) in [6.45, 7) is 13.1. The van der Waals surface area contributed by atoms with Crippen molar-refractivity contribution in [2.45, 2.75) is 103 Å². The van der Waals surface area contributed by atoms with Crippen molar-refractivity contribution in [3.8, 4) is 0 Å². The van der Waals surface area contributed by atoms with Crippen molar-refractivity contribution in [2.24, 2.45) is 0 Å². The molecule has 1 atom stereocenters. The van der Waals surface area contributed by atoms with Gasteiger partial charge in [0.1, 0.15) is 0 Å². The highest BCUT2D eigenvalue weighted by Gasteiger charge is 2.24. The van der Waals surface area contributed by atoms with Crippen molar-refractivity contribution < 1.29 is 4.43 Å². The van der Waals surface area contributed by atoms with E-state index in [1.54, 1.807) is 0 Å². The SMILES string of the molecule is C=CC[Si](C)(C)OC(CCCCC)CCCCCCC. The zero-order valence-electron chi connectivity index (χ0n) is 14.5. The van der Waals surface area contributed by atoms with E-state index in [2.05, 4.69) is 33.5 Å². The van der Waals surface area contributed by atoms with E-state index in [0.29, 0.717) is 6.10 Å². The average molecular weight is 299 g/mol. The third-order valence-electron chi connectivity index (χ3n) is 3.88. The molecule has 0 fully saturated rings. The van der Waals surface area contributed by atoms with Crippen molar-refractivity contribution in [3.05, 3.63) is 12.7 Å². The molecule has 0 saturated carbocycles. The topological polar surface area (TPSA) is 9.23 Å². The molecule has 20 heavy (non-hydrogen) atoms. The first-order valence-corrected chi connectivity index (χ1v) is 12.0. The van der Waals surface area contributed by atoms with Gasteiger partial charge in [-0.25, -0.2) is 0 Å². The minimum absolute atomic E-state index is 0.504. The van der Waals surface area contributed by atoms with Crippen LogP contribution in [0.1, 0.15) is 78.1 Å². The lowest BCUT2D eigenvalue weighted by molar-refractivity contribution is 0.164. The van der Waals surface area contributed by atoms with Gasteiger partial charge in [0, 0.05) is 6.10 Å². The number of hydrogen-bond acceptors (Lipinski definition) is 1. The first-order chi connectivity index (χ1) is 9.55. The highest BCUT2D eigenvalue weighted by molar-refractivity contribution is 6.71. The third-order valence-corrected chi connectivity index (χ3v) is 6.12. The molecule has 0 amide bonds. The van der Waals surface area contributed by atoms with Gasteiger partial charge < -0.3 is 4.43 Å². The minimum atomic E-state index is -1.52. The van der Waals surface area contributed by atoms with Crippen LogP contribution in [0, 0.1) is 0 Å². The largest absolute Gasteiger partial charge is 0.414 e. The molecule has 0 aliphatic rings. The Morgan fingerprint density at radius 3 is 1.95 bits per heavy atom. The Morgan fingerprint density at radius 1 is 0.900 bits per heavy atom. The highest BCUT2D eigenvalue weighted by atomic mass is 28.4. The van der Waals surface area contributed by atoms with Gasteiger partial charge in [-0.2, -0.15) is 0 Å². The molecule has 0 bridgehead atoms. The normalized spacial score (nSPS) is 13.4. The molecule has 0 aliphatic heterocycles. The van der Waals surface area contributed by atoms with Gasteiger partial charge in [-0.15, -0.1) is 6.58 Å². The summed E-state index contributed by atoms with van der Waals surface area (Å²) < 4.78 is 6.50. The summed E-state index contributed by atoms with van der Waals surface area (Å²) in [6.07, 6.45) is 15.9. The van der Waals surface area contributed by atoms with Gasteiger partial charge in [0.25, 0.3) is 0 Å². The van der Waals surface area contributed by atoms with Gasteiger partial charge in [0.15, 0.2) is 8.32 Å². The second-order valence-electron chi connectivity index (χ2n) is 6.69. The lowest BCUT2D eigenvalue weighted by Crippen LogP contribution is -2.35. The summed E-state index contributed by atoms with van der Waals surface area (Å²) in [4.78, 5) is 0. The fourth-order valence-corrected chi connectivity index (χ4v) is 4.64. The van der Waals surface area contributed by atoms with Crippen LogP contribution in [-0.4, -0.2) is 14.4 Å². The van der Waals surface area contributed by atoms with Crippen LogP contribution >= 0.6 is 0 Å². The van der Waals surface area contributed by atoms with Crippen LogP contribution in [0.25, 0.3) is 0 Å². The van der Waals surface area contributed by atoms with Gasteiger partial charge in [0.2, 0.25) is 0 Å². The van der Waals surface area contributed by atoms with E-state index in [4.69, 9.17) is 4.43 Å². The number of unbranched alkanes of at least 4 members (excludes halogenated alkanes) is 6. The first-order valence-electron chi connectivity index (χ1n) is 8.84.